The first kappa shape index (κ1) is 6.44. The van der Waals surface area contributed by atoms with Crippen molar-refractivity contribution in [3.63, 3.8) is 0 Å². The van der Waals surface area contributed by atoms with Crippen molar-refractivity contribution in [3.05, 3.63) is 0 Å². The first-order valence-electron chi connectivity index (χ1n) is 4.57. The number of rotatable bonds is 1. The average molecular weight is 154 g/mol. The van der Waals surface area contributed by atoms with Crippen LogP contribution in [0.1, 0.15) is 26.2 Å². The van der Waals surface area contributed by atoms with E-state index in [2.05, 4.69) is 6.92 Å². The maximum Gasteiger partial charge on any atom is 0.0917 e. The molecule has 2 heteroatoms. The highest BCUT2D eigenvalue weighted by Crippen LogP contribution is 2.48. The van der Waals surface area contributed by atoms with Crippen LogP contribution < -0.4 is 0 Å². The van der Waals surface area contributed by atoms with Crippen molar-refractivity contribution in [3.8, 4) is 0 Å². The van der Waals surface area contributed by atoms with E-state index in [1.54, 1.807) is 0 Å². The highest BCUT2D eigenvalue weighted by atomic mass is 16.6. The van der Waals surface area contributed by atoms with Gasteiger partial charge in [-0.05, 0) is 32.1 Å². The molecule has 0 spiro atoms. The van der Waals surface area contributed by atoms with Crippen molar-refractivity contribution in [1.82, 2.24) is 0 Å². The van der Waals surface area contributed by atoms with Crippen molar-refractivity contribution in [1.29, 1.82) is 0 Å². The van der Waals surface area contributed by atoms with Gasteiger partial charge in [-0.2, -0.15) is 0 Å². The number of hydrogen-bond donors (Lipinski definition) is 0. The second kappa shape index (κ2) is 1.80. The molecule has 0 bridgehead atoms. The summed E-state index contributed by atoms with van der Waals surface area (Å²) in [5.74, 6) is 0.784. The van der Waals surface area contributed by atoms with E-state index in [9.17, 15) is 0 Å². The minimum atomic E-state index is 0.247. The Labute approximate surface area is 66.9 Å². The molecule has 0 amide bonds. The molecule has 0 aromatic rings. The van der Waals surface area contributed by atoms with Crippen LogP contribution in [0.5, 0.6) is 0 Å². The summed E-state index contributed by atoms with van der Waals surface area (Å²) in [5.41, 5.74) is 0.247. The topological polar surface area (TPSA) is 25.1 Å². The second-order valence-corrected chi connectivity index (χ2v) is 4.32. The highest BCUT2D eigenvalue weighted by Gasteiger charge is 2.54. The quantitative estimate of drug-likeness (QED) is 0.532. The van der Waals surface area contributed by atoms with Crippen LogP contribution in [0.4, 0.5) is 0 Å². The molecular formula is C9H14O2. The maximum absolute atomic E-state index is 5.48. The minimum Gasteiger partial charge on any atom is -0.370 e. The Bertz CT molecular complexity index is 186. The van der Waals surface area contributed by atoms with Crippen molar-refractivity contribution < 1.29 is 9.47 Å². The van der Waals surface area contributed by atoms with Crippen LogP contribution in [-0.4, -0.2) is 24.4 Å². The molecule has 0 radical (unpaired) electrons. The first-order chi connectivity index (χ1) is 5.28. The van der Waals surface area contributed by atoms with Gasteiger partial charge in [-0.15, -0.1) is 0 Å². The number of fused-ring (bicyclic) bond motifs is 1. The lowest BCUT2D eigenvalue weighted by Gasteiger charge is -2.22. The third kappa shape index (κ3) is 0.926. The van der Waals surface area contributed by atoms with Gasteiger partial charge in [-0.25, -0.2) is 0 Å². The Hall–Kier alpha value is -0.0800. The summed E-state index contributed by atoms with van der Waals surface area (Å²) in [5, 5.41) is 0. The van der Waals surface area contributed by atoms with E-state index in [1.165, 1.54) is 19.3 Å². The molecule has 11 heavy (non-hydrogen) atoms. The van der Waals surface area contributed by atoms with Crippen molar-refractivity contribution in [2.45, 2.75) is 44.0 Å². The van der Waals surface area contributed by atoms with Crippen molar-refractivity contribution in [2.75, 3.05) is 6.61 Å². The Kier molecular flexibility index (Phi) is 1.06. The SMILES string of the molecule is CC1(C2CCC3OC3C2)CO1. The van der Waals surface area contributed by atoms with Crippen LogP contribution in [0.15, 0.2) is 0 Å². The summed E-state index contributed by atoms with van der Waals surface area (Å²) in [4.78, 5) is 0. The summed E-state index contributed by atoms with van der Waals surface area (Å²) in [6.45, 7) is 3.22. The summed E-state index contributed by atoms with van der Waals surface area (Å²) < 4.78 is 10.9. The maximum atomic E-state index is 5.48. The molecule has 3 aliphatic rings. The standard InChI is InChI=1S/C9H14O2/c1-9(5-10-9)6-2-3-7-8(4-6)11-7/h6-8H,2-5H2,1H3. The molecule has 3 rings (SSSR count). The molecule has 1 saturated carbocycles. The smallest absolute Gasteiger partial charge is 0.0917 e. The van der Waals surface area contributed by atoms with Gasteiger partial charge in [0.25, 0.3) is 0 Å². The molecule has 4 unspecified atom stereocenters. The predicted octanol–water partition coefficient (Wildman–Crippen LogP) is 1.34. The average Bonchev–Trinajstić information content (AvgIpc) is 2.82. The van der Waals surface area contributed by atoms with E-state index in [-0.39, 0.29) is 5.60 Å². The molecule has 0 aromatic heterocycles. The van der Waals surface area contributed by atoms with E-state index < -0.39 is 0 Å². The lowest BCUT2D eigenvalue weighted by atomic mass is 9.81. The lowest BCUT2D eigenvalue weighted by Crippen LogP contribution is -2.26. The predicted molar refractivity (Wildman–Crippen MR) is 40.4 cm³/mol. The molecule has 4 atom stereocenters. The zero-order chi connectivity index (χ0) is 7.47. The van der Waals surface area contributed by atoms with Gasteiger partial charge >= 0.3 is 0 Å². The van der Waals surface area contributed by atoms with Gasteiger partial charge in [0.05, 0.1) is 24.4 Å². The molecule has 0 N–H and O–H groups in total. The van der Waals surface area contributed by atoms with Crippen LogP contribution in [0, 0.1) is 5.92 Å². The van der Waals surface area contributed by atoms with Crippen LogP contribution in [0.25, 0.3) is 0 Å². The molecule has 62 valence electrons. The molecule has 1 aliphatic carbocycles. The van der Waals surface area contributed by atoms with Crippen LogP contribution in [-0.2, 0) is 9.47 Å². The fourth-order valence-corrected chi connectivity index (χ4v) is 2.31. The first-order valence-corrected chi connectivity index (χ1v) is 4.57. The Morgan fingerprint density at radius 2 is 2.09 bits per heavy atom. The van der Waals surface area contributed by atoms with Crippen molar-refractivity contribution >= 4 is 0 Å². The van der Waals surface area contributed by atoms with E-state index in [0.717, 1.165) is 12.5 Å². The fourth-order valence-electron chi connectivity index (χ4n) is 2.31. The lowest BCUT2D eigenvalue weighted by molar-refractivity contribution is 0.198. The molecule has 0 aromatic carbocycles. The number of hydrogen-bond acceptors (Lipinski definition) is 2. The van der Waals surface area contributed by atoms with Gasteiger partial charge in [0.2, 0.25) is 0 Å². The van der Waals surface area contributed by atoms with Crippen LogP contribution in [0.2, 0.25) is 0 Å². The van der Waals surface area contributed by atoms with Crippen molar-refractivity contribution in [2.24, 2.45) is 5.92 Å². The molecule has 2 aliphatic heterocycles. The van der Waals surface area contributed by atoms with Gasteiger partial charge in [0, 0.05) is 0 Å². The number of ether oxygens (including phenoxy) is 2. The summed E-state index contributed by atoms with van der Waals surface area (Å²) >= 11 is 0. The summed E-state index contributed by atoms with van der Waals surface area (Å²) in [6, 6.07) is 0. The van der Waals surface area contributed by atoms with E-state index >= 15 is 0 Å². The Balaban J connectivity index is 1.69. The zero-order valence-electron chi connectivity index (χ0n) is 6.88. The third-order valence-electron chi connectivity index (χ3n) is 3.47. The molecule has 2 saturated heterocycles. The molecule has 2 nitrogen and oxygen atoms in total. The normalized spacial score (nSPS) is 60.3. The van der Waals surface area contributed by atoms with Gasteiger partial charge in [-0.3, -0.25) is 0 Å². The number of epoxide rings is 2. The molecular weight excluding hydrogens is 140 g/mol. The monoisotopic (exact) mass is 154 g/mol. The Morgan fingerprint density at radius 1 is 1.27 bits per heavy atom. The van der Waals surface area contributed by atoms with Gasteiger partial charge < -0.3 is 9.47 Å². The van der Waals surface area contributed by atoms with Gasteiger partial charge in [-0.1, -0.05) is 0 Å². The molecule has 3 fully saturated rings. The van der Waals surface area contributed by atoms with E-state index in [1.807, 2.05) is 0 Å². The Morgan fingerprint density at radius 3 is 2.73 bits per heavy atom. The summed E-state index contributed by atoms with van der Waals surface area (Å²) in [6.07, 6.45) is 5.08. The van der Waals surface area contributed by atoms with Gasteiger partial charge in [0.1, 0.15) is 0 Å². The third-order valence-corrected chi connectivity index (χ3v) is 3.47. The largest absolute Gasteiger partial charge is 0.370 e. The van der Waals surface area contributed by atoms with Crippen LogP contribution >= 0.6 is 0 Å². The fraction of sp³-hybridized carbons (Fsp3) is 1.00. The zero-order valence-corrected chi connectivity index (χ0v) is 6.88. The minimum absolute atomic E-state index is 0.247. The van der Waals surface area contributed by atoms with Gasteiger partial charge in [0.15, 0.2) is 0 Å². The summed E-state index contributed by atoms with van der Waals surface area (Å²) in [7, 11) is 0. The highest BCUT2D eigenvalue weighted by molar-refractivity contribution is 5.02. The van der Waals surface area contributed by atoms with Crippen LogP contribution in [0.3, 0.4) is 0 Å². The second-order valence-electron chi connectivity index (χ2n) is 4.32. The molecule has 2 heterocycles. The van der Waals surface area contributed by atoms with E-state index in [4.69, 9.17) is 9.47 Å². The van der Waals surface area contributed by atoms with E-state index in [0.29, 0.717) is 12.2 Å².